The maximum absolute atomic E-state index is 9.80. The number of hydrogen-bond acceptors (Lipinski definition) is 3. The van der Waals surface area contributed by atoms with E-state index >= 15 is 0 Å². The maximum atomic E-state index is 9.80. The van der Waals surface area contributed by atoms with Gasteiger partial charge in [0.25, 0.3) is 0 Å². The Kier molecular flexibility index (Phi) is 5.03. The summed E-state index contributed by atoms with van der Waals surface area (Å²) in [6.07, 6.45) is 2.11. The van der Waals surface area contributed by atoms with Crippen LogP contribution in [0.25, 0.3) is 0 Å². The number of ether oxygens (including phenoxy) is 1. The quantitative estimate of drug-likeness (QED) is 0.813. The van der Waals surface area contributed by atoms with Gasteiger partial charge in [-0.05, 0) is 43.4 Å². The Balaban J connectivity index is 1.70. The topological polar surface area (TPSA) is 41.5 Å². The summed E-state index contributed by atoms with van der Waals surface area (Å²) in [5, 5.41) is 13.1. The van der Waals surface area contributed by atoms with Crippen LogP contribution in [0, 0.1) is 12.8 Å². The van der Waals surface area contributed by atoms with Crippen LogP contribution in [0.5, 0.6) is 0 Å². The van der Waals surface area contributed by atoms with Crippen LogP contribution in [0.4, 0.5) is 5.69 Å². The summed E-state index contributed by atoms with van der Waals surface area (Å²) >= 11 is 3.49. The van der Waals surface area contributed by atoms with Gasteiger partial charge in [-0.1, -0.05) is 22.0 Å². The summed E-state index contributed by atoms with van der Waals surface area (Å²) in [7, 11) is 0. The second kappa shape index (κ2) is 6.55. The van der Waals surface area contributed by atoms with Gasteiger partial charge in [-0.2, -0.15) is 0 Å². The molecule has 1 atom stereocenters. The van der Waals surface area contributed by atoms with E-state index in [-0.39, 0.29) is 0 Å². The van der Waals surface area contributed by atoms with Crippen LogP contribution < -0.4 is 5.32 Å². The minimum Gasteiger partial charge on any atom is -0.389 e. The van der Waals surface area contributed by atoms with Crippen molar-refractivity contribution in [2.45, 2.75) is 25.9 Å². The average molecular weight is 314 g/mol. The summed E-state index contributed by atoms with van der Waals surface area (Å²) in [4.78, 5) is 0. The minimum atomic E-state index is -0.456. The Morgan fingerprint density at radius 2 is 2.28 bits per heavy atom. The highest BCUT2D eigenvalue weighted by Crippen LogP contribution is 2.28. The molecular formula is C14H20BrNO2. The predicted octanol–water partition coefficient (Wildman–Crippen LogP) is 2.96. The third kappa shape index (κ3) is 4.26. The molecule has 0 spiro atoms. The lowest BCUT2D eigenvalue weighted by molar-refractivity contribution is 0.0386. The molecule has 1 unspecified atom stereocenters. The zero-order valence-corrected chi connectivity index (χ0v) is 12.2. The number of nitrogens with one attached hydrogen (secondary N) is 1. The van der Waals surface area contributed by atoms with E-state index in [9.17, 15) is 5.11 Å². The molecule has 3 nitrogen and oxygen atoms in total. The predicted molar refractivity (Wildman–Crippen MR) is 76.9 cm³/mol. The zero-order chi connectivity index (χ0) is 13.0. The monoisotopic (exact) mass is 313 g/mol. The van der Waals surface area contributed by atoms with E-state index in [1.807, 2.05) is 25.1 Å². The van der Waals surface area contributed by atoms with Gasteiger partial charge in [-0.25, -0.2) is 0 Å². The Hall–Kier alpha value is -0.580. The molecule has 0 saturated heterocycles. The zero-order valence-electron chi connectivity index (χ0n) is 10.7. The lowest BCUT2D eigenvalue weighted by atomic mass is 10.2. The first-order valence-electron chi connectivity index (χ1n) is 6.41. The van der Waals surface area contributed by atoms with Crippen LogP contribution in [0.2, 0.25) is 0 Å². The van der Waals surface area contributed by atoms with Crippen molar-refractivity contribution in [3.63, 3.8) is 0 Å². The molecule has 2 rings (SSSR count). The van der Waals surface area contributed by atoms with Gasteiger partial charge < -0.3 is 15.2 Å². The van der Waals surface area contributed by atoms with Gasteiger partial charge in [-0.15, -0.1) is 0 Å². The molecule has 0 bridgehead atoms. The molecule has 1 fully saturated rings. The van der Waals surface area contributed by atoms with Gasteiger partial charge in [0.2, 0.25) is 0 Å². The number of aliphatic hydroxyl groups is 1. The third-order valence-electron chi connectivity index (χ3n) is 3.16. The number of aliphatic hydroxyl groups excluding tert-OH is 1. The molecule has 1 aromatic carbocycles. The van der Waals surface area contributed by atoms with E-state index in [2.05, 4.69) is 21.2 Å². The molecule has 0 radical (unpaired) electrons. The van der Waals surface area contributed by atoms with Crippen LogP contribution in [-0.2, 0) is 4.74 Å². The Labute approximate surface area is 117 Å². The number of rotatable bonds is 7. The molecule has 2 N–H and O–H groups in total. The van der Waals surface area contributed by atoms with Gasteiger partial charge >= 0.3 is 0 Å². The molecular weight excluding hydrogens is 294 g/mol. The molecule has 18 heavy (non-hydrogen) atoms. The third-order valence-corrected chi connectivity index (χ3v) is 4.02. The molecule has 0 aromatic heterocycles. The summed E-state index contributed by atoms with van der Waals surface area (Å²) in [5.41, 5.74) is 2.20. The number of hydrogen-bond donors (Lipinski definition) is 2. The van der Waals surface area contributed by atoms with Crippen molar-refractivity contribution >= 4 is 21.6 Å². The molecule has 1 saturated carbocycles. The first-order valence-corrected chi connectivity index (χ1v) is 7.21. The SMILES string of the molecule is Cc1c(Br)cccc1NCC(O)COCC1CC1. The minimum absolute atomic E-state index is 0.413. The normalized spacial score (nSPS) is 16.6. The summed E-state index contributed by atoms with van der Waals surface area (Å²) in [5.74, 6) is 0.748. The molecule has 1 aromatic rings. The molecule has 1 aliphatic rings. The lowest BCUT2D eigenvalue weighted by Gasteiger charge is -2.15. The van der Waals surface area contributed by atoms with E-state index in [0.717, 1.165) is 28.2 Å². The number of halogens is 1. The van der Waals surface area contributed by atoms with Gasteiger partial charge in [-0.3, -0.25) is 0 Å². The number of benzene rings is 1. The highest BCUT2D eigenvalue weighted by Gasteiger charge is 2.21. The molecule has 0 heterocycles. The van der Waals surface area contributed by atoms with Crippen molar-refractivity contribution in [1.29, 1.82) is 0 Å². The van der Waals surface area contributed by atoms with Crippen LogP contribution in [-0.4, -0.2) is 31.0 Å². The second-order valence-corrected chi connectivity index (χ2v) is 5.78. The average Bonchev–Trinajstić information content (AvgIpc) is 3.15. The highest BCUT2D eigenvalue weighted by atomic mass is 79.9. The maximum Gasteiger partial charge on any atom is 0.0945 e. The van der Waals surface area contributed by atoms with Gasteiger partial charge in [0, 0.05) is 23.3 Å². The van der Waals surface area contributed by atoms with Crippen molar-refractivity contribution in [2.24, 2.45) is 5.92 Å². The van der Waals surface area contributed by atoms with E-state index in [0.29, 0.717) is 13.2 Å². The van der Waals surface area contributed by atoms with Crippen molar-refractivity contribution in [1.82, 2.24) is 0 Å². The van der Waals surface area contributed by atoms with Crippen LogP contribution >= 0.6 is 15.9 Å². The summed E-state index contributed by atoms with van der Waals surface area (Å²) in [6, 6.07) is 6.00. The molecule has 0 amide bonds. The van der Waals surface area contributed by atoms with Crippen LogP contribution in [0.3, 0.4) is 0 Å². The fourth-order valence-electron chi connectivity index (χ4n) is 1.74. The van der Waals surface area contributed by atoms with Gasteiger partial charge in [0.15, 0.2) is 0 Å². The van der Waals surface area contributed by atoms with Gasteiger partial charge in [0.1, 0.15) is 0 Å². The summed E-state index contributed by atoms with van der Waals surface area (Å²) < 4.78 is 6.54. The van der Waals surface area contributed by atoms with Crippen molar-refractivity contribution < 1.29 is 9.84 Å². The first-order chi connectivity index (χ1) is 8.66. The Morgan fingerprint density at radius 1 is 1.50 bits per heavy atom. The number of anilines is 1. The molecule has 1 aliphatic carbocycles. The van der Waals surface area contributed by atoms with Crippen LogP contribution in [0.15, 0.2) is 22.7 Å². The Morgan fingerprint density at radius 3 is 3.00 bits per heavy atom. The largest absolute Gasteiger partial charge is 0.389 e. The summed E-state index contributed by atoms with van der Waals surface area (Å²) in [6.45, 7) is 3.77. The van der Waals surface area contributed by atoms with Crippen molar-refractivity contribution in [3.05, 3.63) is 28.2 Å². The first kappa shape index (κ1) is 13.8. The van der Waals surface area contributed by atoms with E-state index < -0.39 is 6.10 Å². The van der Waals surface area contributed by atoms with E-state index in [1.54, 1.807) is 0 Å². The van der Waals surface area contributed by atoms with Crippen LogP contribution in [0.1, 0.15) is 18.4 Å². The fraction of sp³-hybridized carbons (Fsp3) is 0.571. The fourth-order valence-corrected chi connectivity index (χ4v) is 2.11. The van der Waals surface area contributed by atoms with Crippen molar-refractivity contribution in [3.8, 4) is 0 Å². The van der Waals surface area contributed by atoms with Crippen molar-refractivity contribution in [2.75, 3.05) is 25.1 Å². The smallest absolute Gasteiger partial charge is 0.0945 e. The lowest BCUT2D eigenvalue weighted by Crippen LogP contribution is -2.25. The standard InChI is InChI=1S/C14H20BrNO2/c1-10-13(15)3-2-4-14(10)16-7-12(17)9-18-8-11-5-6-11/h2-4,11-12,16-17H,5-9H2,1H3. The second-order valence-electron chi connectivity index (χ2n) is 4.93. The molecule has 100 valence electrons. The van der Waals surface area contributed by atoms with E-state index in [1.165, 1.54) is 12.8 Å². The highest BCUT2D eigenvalue weighted by molar-refractivity contribution is 9.10. The molecule has 0 aliphatic heterocycles. The van der Waals surface area contributed by atoms with Gasteiger partial charge in [0.05, 0.1) is 12.7 Å². The Bertz CT molecular complexity index is 393. The molecule has 4 heteroatoms. The van der Waals surface area contributed by atoms with E-state index in [4.69, 9.17) is 4.74 Å².